The van der Waals surface area contributed by atoms with Gasteiger partial charge in [0, 0.05) is 34.8 Å². The first-order valence-corrected chi connectivity index (χ1v) is 17.5. The summed E-state index contributed by atoms with van der Waals surface area (Å²) in [5.74, 6) is -0.252. The molecular weight excluding hydrogens is 692 g/mol. The lowest BCUT2D eigenvalue weighted by molar-refractivity contribution is -0.301. The molecule has 1 aliphatic carbocycles. The van der Waals surface area contributed by atoms with Crippen LogP contribution in [0.4, 0.5) is 0 Å². The fraction of sp³-hybridized carbons (Fsp3) is 0.543. The van der Waals surface area contributed by atoms with Gasteiger partial charge >= 0.3 is 0 Å². The first kappa shape index (κ1) is 38.3. The highest BCUT2D eigenvalue weighted by Crippen LogP contribution is 2.36. The van der Waals surface area contributed by atoms with Crippen molar-refractivity contribution in [1.29, 1.82) is 0 Å². The van der Waals surface area contributed by atoms with E-state index in [0.29, 0.717) is 48.0 Å². The highest BCUT2D eigenvalue weighted by Gasteiger charge is 2.44. The Morgan fingerprint density at radius 1 is 0.868 bits per heavy atom. The molecule has 2 aromatic heterocycles. The van der Waals surface area contributed by atoms with E-state index >= 15 is 0 Å². The second-order valence-electron chi connectivity index (χ2n) is 13.9. The van der Waals surface area contributed by atoms with Crippen LogP contribution in [0.3, 0.4) is 0 Å². The standard InChI is InChI=1S/C35H46N8O10/c1-39(2)9-5-11-42-31(48)20-7-8-21-26-25(20)22(33(42)50)15-23(27(26)34(51)43(32(21)49)12-6-10-40(3)4)36-16-19-17-41(38-37-19)13-14-52-35-30(47)29(46)28(45)24(18-44)53-35/h7-8,15,17,24,28-30,35,44-47,49H,5-6,9-14,16,18H2,1-4H3/t24-,28+,29+,30-,35-/m1/s1. The van der Waals surface area contributed by atoms with Crippen molar-refractivity contribution in [2.75, 3.05) is 54.5 Å². The van der Waals surface area contributed by atoms with Crippen molar-refractivity contribution in [1.82, 2.24) is 33.9 Å². The van der Waals surface area contributed by atoms with Crippen LogP contribution >= 0.6 is 0 Å². The van der Waals surface area contributed by atoms with Crippen LogP contribution in [0.15, 0.2) is 43.8 Å². The van der Waals surface area contributed by atoms with Crippen molar-refractivity contribution in [3.8, 4) is 17.0 Å². The average Bonchev–Trinajstić information content (AvgIpc) is 3.58. The fourth-order valence-electron chi connectivity index (χ4n) is 6.84. The Morgan fingerprint density at radius 3 is 2.23 bits per heavy atom. The Bertz CT molecular complexity index is 2250. The van der Waals surface area contributed by atoms with Crippen molar-refractivity contribution in [2.24, 2.45) is 4.99 Å². The number of hydrogen-bond acceptors (Lipinski definition) is 15. The van der Waals surface area contributed by atoms with Gasteiger partial charge in [0.15, 0.2) is 6.29 Å². The van der Waals surface area contributed by atoms with Crippen LogP contribution < -0.4 is 22.0 Å². The van der Waals surface area contributed by atoms with E-state index in [2.05, 4.69) is 10.3 Å². The monoisotopic (exact) mass is 738 g/mol. The van der Waals surface area contributed by atoms with Crippen molar-refractivity contribution in [3.05, 3.63) is 66.5 Å². The summed E-state index contributed by atoms with van der Waals surface area (Å²) in [6.45, 7) is 1.27. The van der Waals surface area contributed by atoms with Gasteiger partial charge in [-0.15, -0.1) is 5.10 Å². The Labute approximate surface area is 303 Å². The predicted octanol–water partition coefficient (Wildman–Crippen LogP) is -2.23. The number of pyridine rings is 2. The lowest BCUT2D eigenvalue weighted by Gasteiger charge is -2.39. The van der Waals surface area contributed by atoms with Gasteiger partial charge in [-0.05, 0) is 72.3 Å². The summed E-state index contributed by atoms with van der Waals surface area (Å²) >= 11 is 0. The van der Waals surface area contributed by atoms with E-state index in [-0.39, 0.29) is 60.4 Å². The van der Waals surface area contributed by atoms with Crippen LogP contribution in [0, 0.1) is 0 Å². The largest absolute Gasteiger partial charge is 0.494 e. The smallest absolute Gasteiger partial charge is 0.263 e. The molecule has 0 bridgehead atoms. The van der Waals surface area contributed by atoms with Crippen molar-refractivity contribution in [2.45, 2.75) is 69.7 Å². The van der Waals surface area contributed by atoms with E-state index in [9.17, 15) is 39.9 Å². The Kier molecular flexibility index (Phi) is 11.5. The minimum absolute atomic E-state index is 0.0318. The normalized spacial score (nSPS) is 21.4. The fourth-order valence-corrected chi connectivity index (χ4v) is 6.84. The number of aliphatic hydroxyl groups excluding tert-OH is 4. The van der Waals surface area contributed by atoms with Gasteiger partial charge in [0.25, 0.3) is 16.7 Å². The molecule has 18 heteroatoms. The summed E-state index contributed by atoms with van der Waals surface area (Å²) in [6.07, 6.45) is -4.26. The third-order valence-corrected chi connectivity index (χ3v) is 9.59. The molecule has 18 nitrogen and oxygen atoms in total. The molecule has 286 valence electrons. The predicted molar refractivity (Wildman–Crippen MR) is 192 cm³/mol. The summed E-state index contributed by atoms with van der Waals surface area (Å²) in [6, 6.07) is 4.74. The minimum atomic E-state index is -1.57. The zero-order valence-electron chi connectivity index (χ0n) is 30.1. The van der Waals surface area contributed by atoms with Gasteiger partial charge < -0.3 is 44.8 Å². The van der Waals surface area contributed by atoms with Crippen LogP contribution in [0.5, 0.6) is 5.88 Å². The maximum Gasteiger partial charge on any atom is 0.263 e. The third-order valence-electron chi connectivity index (χ3n) is 9.59. The molecule has 1 fully saturated rings. The van der Waals surface area contributed by atoms with Crippen LogP contribution in [-0.2, 0) is 35.7 Å². The molecular formula is C35H46N8O10. The molecule has 3 aromatic rings. The van der Waals surface area contributed by atoms with Crippen LogP contribution in [-0.4, -0.2) is 145 Å². The quantitative estimate of drug-likeness (QED) is 0.0717. The molecule has 4 heterocycles. The maximum absolute atomic E-state index is 14.2. The summed E-state index contributed by atoms with van der Waals surface area (Å²) in [5.41, 5.74) is -0.533. The molecule has 0 spiro atoms. The molecule has 0 saturated carbocycles. The van der Waals surface area contributed by atoms with E-state index < -0.39 is 54.0 Å². The Balaban J connectivity index is 1.36. The Morgan fingerprint density at radius 2 is 1.55 bits per heavy atom. The number of aromatic nitrogens is 5. The van der Waals surface area contributed by atoms with Crippen LogP contribution in [0.2, 0.25) is 0 Å². The minimum Gasteiger partial charge on any atom is -0.494 e. The number of rotatable bonds is 15. The molecule has 1 saturated heterocycles. The molecule has 5 atom stereocenters. The number of aromatic hydroxyl groups is 1. The van der Waals surface area contributed by atoms with Gasteiger partial charge in [-0.3, -0.25) is 28.5 Å². The first-order chi connectivity index (χ1) is 25.3. The maximum atomic E-state index is 14.2. The molecule has 0 radical (unpaired) electrons. The molecule has 5 N–H and O–H groups in total. The van der Waals surface area contributed by atoms with E-state index in [0.717, 1.165) is 0 Å². The van der Waals surface area contributed by atoms with Gasteiger partial charge in [0.2, 0.25) is 5.88 Å². The molecule has 0 unspecified atom stereocenters. The Hall–Kier alpha value is -4.40. The third kappa shape index (κ3) is 7.54. The van der Waals surface area contributed by atoms with Gasteiger partial charge in [0.05, 0.1) is 48.8 Å². The van der Waals surface area contributed by atoms with E-state index in [4.69, 9.17) is 14.5 Å². The second kappa shape index (κ2) is 15.9. The van der Waals surface area contributed by atoms with E-state index in [1.807, 2.05) is 38.0 Å². The number of aliphatic hydroxyl groups is 4. The lowest BCUT2D eigenvalue weighted by atomic mass is 9.90. The van der Waals surface area contributed by atoms with E-state index in [1.165, 1.54) is 19.9 Å². The number of benzene rings is 2. The van der Waals surface area contributed by atoms with Gasteiger partial charge in [-0.2, -0.15) is 0 Å². The zero-order valence-corrected chi connectivity index (χ0v) is 30.1. The molecule has 6 rings (SSSR count). The molecule has 2 aliphatic heterocycles. The van der Waals surface area contributed by atoms with Crippen molar-refractivity contribution >= 4 is 21.5 Å². The first-order valence-electron chi connectivity index (χ1n) is 17.5. The molecule has 1 aromatic carbocycles. The van der Waals surface area contributed by atoms with Crippen LogP contribution in [0.1, 0.15) is 18.5 Å². The number of hydrogen-bond donors (Lipinski definition) is 5. The van der Waals surface area contributed by atoms with Gasteiger partial charge in [-0.1, -0.05) is 5.21 Å². The average molecular weight is 739 g/mol. The second-order valence-corrected chi connectivity index (χ2v) is 13.9. The SMILES string of the molecule is CN(C)CCCn1c(O)c2ccc3c4c2c(c(=NCc2cn(CCO[C@@H]5O[C@H](CO)[C@H](O)[C@H](O)[C@H]5O)nn2)cc-4c(=O)n(CCCN(C)C)c3=O)c1=O. The zero-order chi connectivity index (χ0) is 38.1. The summed E-state index contributed by atoms with van der Waals surface area (Å²) in [5, 5.41) is 60.6. The lowest BCUT2D eigenvalue weighted by Crippen LogP contribution is -2.59. The molecule has 53 heavy (non-hydrogen) atoms. The highest BCUT2D eigenvalue weighted by atomic mass is 16.7. The van der Waals surface area contributed by atoms with Crippen molar-refractivity contribution in [3.63, 3.8) is 0 Å². The molecule has 3 aliphatic rings. The van der Waals surface area contributed by atoms with Gasteiger partial charge in [0.1, 0.15) is 30.1 Å². The number of nitrogens with zero attached hydrogens (tertiary/aromatic N) is 8. The summed E-state index contributed by atoms with van der Waals surface area (Å²) in [4.78, 5) is 50.6. The summed E-state index contributed by atoms with van der Waals surface area (Å²) in [7, 11) is 7.64. The highest BCUT2D eigenvalue weighted by molar-refractivity contribution is 6.15. The molecule has 0 amide bonds. The summed E-state index contributed by atoms with van der Waals surface area (Å²) < 4.78 is 14.9. The van der Waals surface area contributed by atoms with Gasteiger partial charge in [-0.25, -0.2) is 4.68 Å². The van der Waals surface area contributed by atoms with Crippen LogP contribution in [0.25, 0.3) is 32.7 Å². The van der Waals surface area contributed by atoms with E-state index in [1.54, 1.807) is 18.3 Å². The number of ether oxygens (including phenoxy) is 2. The topological polar surface area (TPSA) is 230 Å². The van der Waals surface area contributed by atoms with Crippen molar-refractivity contribution < 1.29 is 35.0 Å².